The third-order valence-electron chi connectivity index (χ3n) is 1.70. The Morgan fingerprint density at radius 3 is 2.77 bits per heavy atom. The van der Waals surface area contributed by atoms with E-state index in [1.807, 2.05) is 31.7 Å². The molecule has 0 spiro atoms. The van der Waals surface area contributed by atoms with Gasteiger partial charge in [-0.2, -0.15) is 0 Å². The summed E-state index contributed by atoms with van der Waals surface area (Å²) in [5.41, 5.74) is 1.03. The molecular formula is C10H14N2O. The molecule has 1 aromatic heterocycles. The SMILES string of the molecule is CC(C)=CC(=O)Cc1nccn1C. The van der Waals surface area contributed by atoms with Gasteiger partial charge in [0.1, 0.15) is 5.82 Å². The molecule has 0 unspecified atom stereocenters. The minimum atomic E-state index is 0.106. The summed E-state index contributed by atoms with van der Waals surface area (Å²) in [5.74, 6) is 0.914. The van der Waals surface area contributed by atoms with Crippen LogP contribution in [0.4, 0.5) is 0 Å². The first-order valence-corrected chi connectivity index (χ1v) is 4.23. The number of hydrogen-bond donors (Lipinski definition) is 0. The third kappa shape index (κ3) is 2.86. The van der Waals surface area contributed by atoms with Crippen LogP contribution in [0.15, 0.2) is 24.0 Å². The molecule has 1 aromatic rings. The highest BCUT2D eigenvalue weighted by Gasteiger charge is 2.04. The molecule has 1 rings (SSSR count). The summed E-state index contributed by atoms with van der Waals surface area (Å²) in [6, 6.07) is 0. The van der Waals surface area contributed by atoms with Crippen molar-refractivity contribution in [1.82, 2.24) is 9.55 Å². The zero-order valence-corrected chi connectivity index (χ0v) is 8.24. The average molecular weight is 178 g/mol. The van der Waals surface area contributed by atoms with Gasteiger partial charge in [0.05, 0.1) is 6.42 Å². The fourth-order valence-electron chi connectivity index (χ4n) is 1.10. The lowest BCUT2D eigenvalue weighted by Crippen LogP contribution is -2.05. The number of allylic oxidation sites excluding steroid dienone is 2. The summed E-state index contributed by atoms with van der Waals surface area (Å²) in [4.78, 5) is 15.4. The number of aryl methyl sites for hydroxylation is 1. The molecule has 0 radical (unpaired) electrons. The number of carbonyl (C=O) groups is 1. The first kappa shape index (κ1) is 9.71. The lowest BCUT2D eigenvalue weighted by Gasteiger charge is -1.97. The fourth-order valence-corrected chi connectivity index (χ4v) is 1.10. The molecule has 0 atom stereocenters. The molecule has 0 aliphatic heterocycles. The van der Waals surface area contributed by atoms with Crippen LogP contribution < -0.4 is 0 Å². The molecule has 0 aliphatic rings. The highest BCUT2D eigenvalue weighted by molar-refractivity contribution is 5.91. The second-order valence-electron chi connectivity index (χ2n) is 3.32. The van der Waals surface area contributed by atoms with E-state index >= 15 is 0 Å². The van der Waals surface area contributed by atoms with Crippen LogP contribution in [0.5, 0.6) is 0 Å². The maximum Gasteiger partial charge on any atom is 0.163 e. The molecule has 0 amide bonds. The summed E-state index contributed by atoms with van der Waals surface area (Å²) in [7, 11) is 1.89. The minimum Gasteiger partial charge on any atom is -0.338 e. The maximum atomic E-state index is 11.3. The van der Waals surface area contributed by atoms with Crippen LogP contribution in [0.1, 0.15) is 19.7 Å². The Kier molecular flexibility index (Phi) is 3.01. The quantitative estimate of drug-likeness (QED) is 0.657. The van der Waals surface area contributed by atoms with E-state index in [1.54, 1.807) is 12.3 Å². The van der Waals surface area contributed by atoms with Gasteiger partial charge in [0.25, 0.3) is 0 Å². The molecule has 13 heavy (non-hydrogen) atoms. The van der Waals surface area contributed by atoms with Crippen molar-refractivity contribution in [3.63, 3.8) is 0 Å². The lowest BCUT2D eigenvalue weighted by molar-refractivity contribution is -0.114. The van der Waals surface area contributed by atoms with Crippen LogP contribution >= 0.6 is 0 Å². The third-order valence-corrected chi connectivity index (χ3v) is 1.70. The zero-order valence-electron chi connectivity index (χ0n) is 8.24. The Morgan fingerprint density at radius 2 is 2.31 bits per heavy atom. The van der Waals surface area contributed by atoms with E-state index in [2.05, 4.69) is 4.98 Å². The molecule has 70 valence electrons. The predicted molar refractivity (Wildman–Crippen MR) is 51.4 cm³/mol. The maximum absolute atomic E-state index is 11.3. The summed E-state index contributed by atoms with van der Waals surface area (Å²) in [6.07, 6.45) is 5.57. The van der Waals surface area contributed by atoms with E-state index < -0.39 is 0 Å². The van der Waals surface area contributed by atoms with E-state index in [9.17, 15) is 4.79 Å². The van der Waals surface area contributed by atoms with E-state index in [1.165, 1.54) is 0 Å². The van der Waals surface area contributed by atoms with Crippen LogP contribution in [0, 0.1) is 0 Å². The molecule has 0 bridgehead atoms. The molecule has 0 aliphatic carbocycles. The van der Waals surface area contributed by atoms with Crippen LogP contribution in [0.2, 0.25) is 0 Å². The normalized spacial score (nSPS) is 9.77. The monoisotopic (exact) mass is 178 g/mol. The first-order chi connectivity index (χ1) is 6.09. The van der Waals surface area contributed by atoms with Gasteiger partial charge < -0.3 is 4.57 Å². The van der Waals surface area contributed by atoms with Crippen molar-refractivity contribution in [2.45, 2.75) is 20.3 Å². The number of imidazole rings is 1. The van der Waals surface area contributed by atoms with Crippen molar-refractivity contribution in [2.24, 2.45) is 7.05 Å². The van der Waals surface area contributed by atoms with Crippen LogP contribution in [-0.4, -0.2) is 15.3 Å². The van der Waals surface area contributed by atoms with E-state index in [0.717, 1.165) is 11.4 Å². The van der Waals surface area contributed by atoms with Gasteiger partial charge in [0.2, 0.25) is 0 Å². The highest BCUT2D eigenvalue weighted by atomic mass is 16.1. The van der Waals surface area contributed by atoms with Gasteiger partial charge in [-0.3, -0.25) is 4.79 Å². The molecule has 0 fully saturated rings. The standard InChI is InChI=1S/C10H14N2O/c1-8(2)6-9(13)7-10-11-4-5-12(10)3/h4-6H,7H2,1-3H3. The molecule has 0 aromatic carbocycles. The number of ketones is 1. The summed E-state index contributed by atoms with van der Waals surface area (Å²) in [6.45, 7) is 3.83. The number of nitrogens with zero attached hydrogens (tertiary/aromatic N) is 2. The Balaban J connectivity index is 2.66. The summed E-state index contributed by atoms with van der Waals surface area (Å²) < 4.78 is 1.86. The number of aromatic nitrogens is 2. The van der Waals surface area contributed by atoms with Crippen molar-refractivity contribution in [2.75, 3.05) is 0 Å². The van der Waals surface area contributed by atoms with Gasteiger partial charge >= 0.3 is 0 Å². The van der Waals surface area contributed by atoms with Crippen molar-refractivity contribution in [1.29, 1.82) is 0 Å². The van der Waals surface area contributed by atoms with Crippen molar-refractivity contribution < 1.29 is 4.79 Å². The molecule has 3 heteroatoms. The predicted octanol–water partition coefficient (Wildman–Crippen LogP) is 1.50. The molecule has 0 saturated carbocycles. The van der Waals surface area contributed by atoms with Crippen molar-refractivity contribution in [3.05, 3.63) is 29.9 Å². The van der Waals surface area contributed by atoms with Gasteiger partial charge in [-0.15, -0.1) is 0 Å². The number of rotatable bonds is 3. The number of hydrogen-bond acceptors (Lipinski definition) is 2. The van der Waals surface area contributed by atoms with Crippen LogP contribution in [0.3, 0.4) is 0 Å². The Labute approximate surface area is 78.1 Å². The topological polar surface area (TPSA) is 34.9 Å². The van der Waals surface area contributed by atoms with Crippen LogP contribution in [0.25, 0.3) is 0 Å². The molecular weight excluding hydrogens is 164 g/mol. The second-order valence-corrected chi connectivity index (χ2v) is 3.32. The van der Waals surface area contributed by atoms with Crippen molar-refractivity contribution >= 4 is 5.78 Å². The molecule has 0 saturated heterocycles. The summed E-state index contributed by atoms with van der Waals surface area (Å²) >= 11 is 0. The van der Waals surface area contributed by atoms with E-state index in [-0.39, 0.29) is 5.78 Å². The van der Waals surface area contributed by atoms with Gasteiger partial charge in [-0.1, -0.05) is 5.57 Å². The number of carbonyl (C=O) groups excluding carboxylic acids is 1. The van der Waals surface area contributed by atoms with Crippen LogP contribution in [-0.2, 0) is 18.3 Å². The van der Waals surface area contributed by atoms with E-state index in [4.69, 9.17) is 0 Å². The molecule has 0 N–H and O–H groups in total. The van der Waals surface area contributed by atoms with Crippen molar-refractivity contribution in [3.8, 4) is 0 Å². The van der Waals surface area contributed by atoms with Gasteiger partial charge in [0, 0.05) is 19.4 Å². The second kappa shape index (κ2) is 4.03. The first-order valence-electron chi connectivity index (χ1n) is 4.23. The average Bonchev–Trinajstić information content (AvgIpc) is 2.34. The fraction of sp³-hybridized carbons (Fsp3) is 0.400. The minimum absolute atomic E-state index is 0.106. The summed E-state index contributed by atoms with van der Waals surface area (Å²) in [5, 5.41) is 0. The molecule has 1 heterocycles. The highest BCUT2D eigenvalue weighted by Crippen LogP contribution is 1.99. The Hall–Kier alpha value is -1.38. The van der Waals surface area contributed by atoms with Gasteiger partial charge in [-0.05, 0) is 19.9 Å². The lowest BCUT2D eigenvalue weighted by atomic mass is 10.2. The smallest absolute Gasteiger partial charge is 0.163 e. The van der Waals surface area contributed by atoms with E-state index in [0.29, 0.717) is 6.42 Å². The van der Waals surface area contributed by atoms with Gasteiger partial charge in [-0.25, -0.2) is 4.98 Å². The molecule has 3 nitrogen and oxygen atoms in total. The Bertz CT molecular complexity index is 332. The largest absolute Gasteiger partial charge is 0.338 e. The van der Waals surface area contributed by atoms with Gasteiger partial charge in [0.15, 0.2) is 5.78 Å². The zero-order chi connectivity index (χ0) is 9.84. The Morgan fingerprint density at radius 1 is 1.62 bits per heavy atom.